The van der Waals surface area contributed by atoms with Gasteiger partial charge in [0.15, 0.2) is 0 Å². The second-order valence-corrected chi connectivity index (χ2v) is 7.40. The van der Waals surface area contributed by atoms with Crippen molar-refractivity contribution < 1.29 is 14.3 Å². The highest BCUT2D eigenvalue weighted by Crippen LogP contribution is 2.33. The minimum atomic E-state index is -0.498. The first-order valence-electron chi connectivity index (χ1n) is 7.42. The molecule has 0 aromatic carbocycles. The Labute approximate surface area is 129 Å². The Morgan fingerprint density at radius 3 is 2.86 bits per heavy atom. The molecule has 1 unspecified atom stereocenters. The molecule has 1 aliphatic carbocycles. The van der Waals surface area contributed by atoms with Gasteiger partial charge >= 0.3 is 5.97 Å². The molecule has 1 aliphatic rings. The molecule has 1 heterocycles. The maximum Gasteiger partial charge on any atom is 0.306 e. The zero-order valence-corrected chi connectivity index (χ0v) is 13.7. The molecule has 0 fully saturated rings. The second-order valence-electron chi connectivity index (χ2n) is 6.40. The summed E-state index contributed by atoms with van der Waals surface area (Å²) < 4.78 is 5.20. The topological polar surface area (TPSA) is 55.4 Å². The van der Waals surface area contributed by atoms with E-state index in [0.29, 0.717) is 0 Å². The van der Waals surface area contributed by atoms with E-state index < -0.39 is 5.60 Å². The molecule has 0 radical (unpaired) electrons. The summed E-state index contributed by atoms with van der Waals surface area (Å²) in [5, 5.41) is 5.12. The average molecular weight is 309 g/mol. The summed E-state index contributed by atoms with van der Waals surface area (Å²) in [6.45, 7) is 5.47. The van der Waals surface area contributed by atoms with Crippen LogP contribution in [0.5, 0.6) is 0 Å². The van der Waals surface area contributed by atoms with Crippen molar-refractivity contribution in [2.75, 3.05) is 0 Å². The van der Waals surface area contributed by atoms with Crippen LogP contribution in [0.1, 0.15) is 62.9 Å². The lowest BCUT2D eigenvalue weighted by Gasteiger charge is -2.24. The molecule has 21 heavy (non-hydrogen) atoms. The standard InChI is InChI=1S/C16H23NO3S/c1-16(2,3)20-15(19)8-7-14(18)17-12-5-4-6-13-11(12)9-10-21-13/h9-10,12H,4-8H2,1-3H3,(H,17,18). The zero-order chi connectivity index (χ0) is 15.5. The van der Waals surface area contributed by atoms with Crippen molar-refractivity contribution >= 4 is 23.2 Å². The number of hydrogen-bond acceptors (Lipinski definition) is 4. The summed E-state index contributed by atoms with van der Waals surface area (Å²) in [5.41, 5.74) is 0.750. The van der Waals surface area contributed by atoms with Gasteiger partial charge in [-0.25, -0.2) is 0 Å². The molecule has 0 aliphatic heterocycles. The fourth-order valence-electron chi connectivity index (χ4n) is 2.51. The number of rotatable bonds is 4. The normalized spacial score (nSPS) is 18.0. The predicted octanol–water partition coefficient (Wildman–Crippen LogP) is 3.36. The first-order chi connectivity index (χ1) is 9.85. The van der Waals surface area contributed by atoms with Crippen LogP contribution in [0.25, 0.3) is 0 Å². The van der Waals surface area contributed by atoms with Gasteiger partial charge in [0, 0.05) is 11.3 Å². The van der Waals surface area contributed by atoms with E-state index in [2.05, 4.69) is 16.8 Å². The predicted molar refractivity (Wildman–Crippen MR) is 83.2 cm³/mol. The lowest BCUT2D eigenvalue weighted by atomic mass is 9.94. The zero-order valence-electron chi connectivity index (χ0n) is 12.9. The number of thiophene rings is 1. The lowest BCUT2D eigenvalue weighted by Crippen LogP contribution is -2.31. The molecule has 1 N–H and O–H groups in total. The van der Waals surface area contributed by atoms with Crippen molar-refractivity contribution in [1.29, 1.82) is 0 Å². The van der Waals surface area contributed by atoms with Crippen molar-refractivity contribution in [1.82, 2.24) is 5.32 Å². The van der Waals surface area contributed by atoms with Gasteiger partial charge in [-0.15, -0.1) is 11.3 Å². The fourth-order valence-corrected chi connectivity index (χ4v) is 3.50. The minimum Gasteiger partial charge on any atom is -0.460 e. The van der Waals surface area contributed by atoms with Crippen LogP contribution in [0.4, 0.5) is 0 Å². The Hall–Kier alpha value is -1.36. The van der Waals surface area contributed by atoms with Crippen LogP contribution in [-0.2, 0) is 20.7 Å². The van der Waals surface area contributed by atoms with E-state index >= 15 is 0 Å². The highest BCUT2D eigenvalue weighted by Gasteiger charge is 2.23. The van der Waals surface area contributed by atoms with E-state index in [1.807, 2.05) is 20.8 Å². The molecule has 116 valence electrons. The number of fused-ring (bicyclic) bond motifs is 1. The van der Waals surface area contributed by atoms with Crippen molar-refractivity contribution in [2.24, 2.45) is 0 Å². The molecule has 0 saturated heterocycles. The number of ether oxygens (including phenoxy) is 1. The van der Waals surface area contributed by atoms with Crippen molar-refractivity contribution in [3.8, 4) is 0 Å². The van der Waals surface area contributed by atoms with E-state index in [1.54, 1.807) is 11.3 Å². The number of esters is 1. The van der Waals surface area contributed by atoms with Crippen LogP contribution in [0.2, 0.25) is 0 Å². The Balaban J connectivity index is 1.80. The van der Waals surface area contributed by atoms with Crippen molar-refractivity contribution in [2.45, 2.75) is 64.5 Å². The quantitative estimate of drug-likeness (QED) is 0.868. The van der Waals surface area contributed by atoms with E-state index in [1.165, 1.54) is 10.4 Å². The number of hydrogen-bond donors (Lipinski definition) is 1. The largest absolute Gasteiger partial charge is 0.460 e. The molecule has 1 amide bonds. The van der Waals surface area contributed by atoms with Crippen molar-refractivity contribution in [3.63, 3.8) is 0 Å². The smallest absolute Gasteiger partial charge is 0.306 e. The SMILES string of the molecule is CC(C)(C)OC(=O)CCC(=O)NC1CCCc2sccc21. The Bertz CT molecular complexity index is 516. The van der Waals surface area contributed by atoms with Gasteiger partial charge in [0.2, 0.25) is 5.91 Å². The summed E-state index contributed by atoms with van der Waals surface area (Å²) in [7, 11) is 0. The number of carbonyl (C=O) groups excluding carboxylic acids is 2. The molecule has 1 aromatic heterocycles. The van der Waals surface area contributed by atoms with Crippen LogP contribution in [0.15, 0.2) is 11.4 Å². The fraction of sp³-hybridized carbons (Fsp3) is 0.625. The highest BCUT2D eigenvalue weighted by molar-refractivity contribution is 7.10. The molecule has 1 aromatic rings. The lowest BCUT2D eigenvalue weighted by molar-refractivity contribution is -0.155. The van der Waals surface area contributed by atoms with Gasteiger partial charge in [-0.2, -0.15) is 0 Å². The van der Waals surface area contributed by atoms with Crippen LogP contribution in [0, 0.1) is 0 Å². The summed E-state index contributed by atoms with van der Waals surface area (Å²) in [6.07, 6.45) is 3.50. The summed E-state index contributed by atoms with van der Waals surface area (Å²) in [4.78, 5) is 25.0. The first-order valence-corrected chi connectivity index (χ1v) is 8.30. The Kier molecular flexibility index (Phi) is 5.04. The molecule has 2 rings (SSSR count). The molecule has 5 heteroatoms. The van der Waals surface area contributed by atoms with E-state index in [9.17, 15) is 9.59 Å². The molecular weight excluding hydrogens is 286 g/mol. The average Bonchev–Trinajstić information content (AvgIpc) is 2.84. The number of nitrogens with one attached hydrogen (secondary N) is 1. The third-order valence-electron chi connectivity index (χ3n) is 3.36. The van der Waals surface area contributed by atoms with Gasteiger partial charge in [0.25, 0.3) is 0 Å². The summed E-state index contributed by atoms with van der Waals surface area (Å²) in [5.74, 6) is -0.401. The van der Waals surface area contributed by atoms with E-state index in [4.69, 9.17) is 4.74 Å². The van der Waals surface area contributed by atoms with Crippen LogP contribution >= 0.6 is 11.3 Å². The van der Waals surface area contributed by atoms with Gasteiger partial charge in [0.1, 0.15) is 5.60 Å². The third kappa shape index (κ3) is 4.84. The van der Waals surface area contributed by atoms with Gasteiger partial charge in [0.05, 0.1) is 12.5 Å². The minimum absolute atomic E-state index is 0.0788. The molecule has 1 atom stereocenters. The summed E-state index contributed by atoms with van der Waals surface area (Å²) >= 11 is 1.76. The highest BCUT2D eigenvalue weighted by atomic mass is 32.1. The summed E-state index contributed by atoms with van der Waals surface area (Å²) in [6, 6.07) is 2.20. The number of carbonyl (C=O) groups is 2. The van der Waals surface area contributed by atoms with Crippen LogP contribution in [-0.4, -0.2) is 17.5 Å². The second kappa shape index (κ2) is 6.60. The third-order valence-corrected chi connectivity index (χ3v) is 4.36. The Morgan fingerprint density at radius 2 is 2.14 bits per heavy atom. The number of aryl methyl sites for hydroxylation is 1. The molecule has 0 bridgehead atoms. The van der Waals surface area contributed by atoms with Crippen LogP contribution in [0.3, 0.4) is 0 Å². The first kappa shape index (κ1) is 16.0. The monoisotopic (exact) mass is 309 g/mol. The Morgan fingerprint density at radius 1 is 1.38 bits per heavy atom. The van der Waals surface area contributed by atoms with Crippen LogP contribution < -0.4 is 5.32 Å². The molecule has 0 saturated carbocycles. The van der Waals surface area contributed by atoms with E-state index in [0.717, 1.165) is 19.3 Å². The van der Waals surface area contributed by atoms with Crippen molar-refractivity contribution in [3.05, 3.63) is 21.9 Å². The maximum absolute atomic E-state index is 12.0. The van der Waals surface area contributed by atoms with Gasteiger partial charge in [-0.05, 0) is 57.0 Å². The van der Waals surface area contributed by atoms with Gasteiger partial charge in [-0.1, -0.05) is 0 Å². The molecule has 0 spiro atoms. The van der Waals surface area contributed by atoms with Gasteiger partial charge in [-0.3, -0.25) is 9.59 Å². The number of amides is 1. The molecular formula is C16H23NO3S. The van der Waals surface area contributed by atoms with E-state index in [-0.39, 0.29) is 30.8 Å². The maximum atomic E-state index is 12.0. The van der Waals surface area contributed by atoms with Gasteiger partial charge < -0.3 is 10.1 Å². The molecule has 4 nitrogen and oxygen atoms in total.